The first-order chi connectivity index (χ1) is 11.3. The van der Waals surface area contributed by atoms with E-state index in [2.05, 4.69) is 35.1 Å². The van der Waals surface area contributed by atoms with Gasteiger partial charge in [-0.1, -0.05) is 0 Å². The number of piperazine rings is 1. The second-order valence-electron chi connectivity index (χ2n) is 5.20. The summed E-state index contributed by atoms with van der Waals surface area (Å²) in [6, 6.07) is 5.65. The van der Waals surface area contributed by atoms with E-state index in [1.54, 1.807) is 30.2 Å². The molecule has 1 aliphatic heterocycles. The molecule has 0 aromatic carbocycles. The number of hydrogen-bond acceptors (Lipinski definition) is 8. The monoisotopic (exact) mass is 312 g/mol. The Kier molecular flexibility index (Phi) is 3.37. The lowest BCUT2D eigenvalue weighted by Crippen LogP contribution is -2.47. The van der Waals surface area contributed by atoms with Gasteiger partial charge in [-0.05, 0) is 12.1 Å². The summed E-state index contributed by atoms with van der Waals surface area (Å²) in [6.07, 6.45) is 3.33. The zero-order valence-electron chi connectivity index (χ0n) is 12.7. The molecule has 1 aliphatic rings. The summed E-state index contributed by atoms with van der Waals surface area (Å²) in [5, 5.41) is 12.4. The molecule has 3 aromatic rings. The van der Waals surface area contributed by atoms with Gasteiger partial charge in [-0.2, -0.15) is 9.50 Å². The van der Waals surface area contributed by atoms with Crippen molar-refractivity contribution in [1.82, 2.24) is 29.8 Å². The number of hydrogen-bond donors (Lipinski definition) is 0. The van der Waals surface area contributed by atoms with Crippen molar-refractivity contribution in [2.24, 2.45) is 0 Å². The molecule has 23 heavy (non-hydrogen) atoms. The molecule has 1 saturated heterocycles. The van der Waals surface area contributed by atoms with Gasteiger partial charge >= 0.3 is 0 Å². The van der Waals surface area contributed by atoms with Gasteiger partial charge in [0.25, 0.3) is 0 Å². The first kappa shape index (κ1) is 13.7. The summed E-state index contributed by atoms with van der Waals surface area (Å²) < 4.78 is 6.84. The summed E-state index contributed by atoms with van der Waals surface area (Å²) in [5.74, 6) is 2.20. The van der Waals surface area contributed by atoms with Gasteiger partial charge in [-0.15, -0.1) is 15.3 Å². The minimum Gasteiger partial charge on any atom is -0.481 e. The molecule has 0 N–H and O–H groups in total. The molecule has 1 fully saturated rings. The molecular formula is C14H16N8O. The summed E-state index contributed by atoms with van der Waals surface area (Å²) in [6.45, 7) is 3.35. The Morgan fingerprint density at radius 2 is 1.87 bits per heavy atom. The van der Waals surface area contributed by atoms with Crippen LogP contribution in [-0.2, 0) is 0 Å². The van der Waals surface area contributed by atoms with Crippen LogP contribution in [0, 0.1) is 0 Å². The van der Waals surface area contributed by atoms with Crippen LogP contribution in [0.3, 0.4) is 0 Å². The minimum atomic E-state index is 0.581. The molecule has 0 amide bonds. The fourth-order valence-electron chi connectivity index (χ4n) is 2.62. The van der Waals surface area contributed by atoms with Gasteiger partial charge in [-0.25, -0.2) is 4.98 Å². The van der Waals surface area contributed by atoms with Crippen LogP contribution >= 0.6 is 0 Å². The van der Waals surface area contributed by atoms with Gasteiger partial charge in [0, 0.05) is 38.4 Å². The van der Waals surface area contributed by atoms with E-state index in [-0.39, 0.29) is 0 Å². The summed E-state index contributed by atoms with van der Waals surface area (Å²) >= 11 is 0. The molecular weight excluding hydrogens is 296 g/mol. The van der Waals surface area contributed by atoms with Gasteiger partial charge in [-0.3, -0.25) is 0 Å². The minimum absolute atomic E-state index is 0.581. The molecule has 9 heteroatoms. The highest BCUT2D eigenvalue weighted by molar-refractivity contribution is 5.46. The maximum Gasteiger partial charge on any atom is 0.228 e. The Labute approximate surface area is 132 Å². The quantitative estimate of drug-likeness (QED) is 0.680. The Morgan fingerprint density at radius 1 is 1.04 bits per heavy atom. The molecule has 0 unspecified atom stereocenters. The van der Waals surface area contributed by atoms with E-state index < -0.39 is 0 Å². The normalized spacial score (nSPS) is 15.2. The van der Waals surface area contributed by atoms with E-state index in [1.807, 2.05) is 12.1 Å². The van der Waals surface area contributed by atoms with Crippen molar-refractivity contribution < 1.29 is 4.74 Å². The number of ether oxygens (including phenoxy) is 1. The predicted octanol–water partition coefficient (Wildman–Crippen LogP) is 0.249. The van der Waals surface area contributed by atoms with Crippen LogP contribution in [0.15, 0.2) is 30.7 Å². The van der Waals surface area contributed by atoms with Crippen molar-refractivity contribution in [3.63, 3.8) is 0 Å². The Hall–Kier alpha value is -2.97. The lowest BCUT2D eigenvalue weighted by atomic mass is 10.3. The molecule has 0 aliphatic carbocycles. The van der Waals surface area contributed by atoms with E-state index >= 15 is 0 Å². The lowest BCUT2D eigenvalue weighted by Gasteiger charge is -2.35. The van der Waals surface area contributed by atoms with Crippen molar-refractivity contribution >= 4 is 17.4 Å². The average Bonchev–Trinajstić information content (AvgIpc) is 3.09. The van der Waals surface area contributed by atoms with Gasteiger partial charge in [0.05, 0.1) is 7.11 Å². The third-order valence-corrected chi connectivity index (χ3v) is 3.86. The first-order valence-corrected chi connectivity index (χ1v) is 7.37. The Bertz CT molecular complexity index is 811. The van der Waals surface area contributed by atoms with Crippen LogP contribution < -0.4 is 14.5 Å². The molecule has 118 valence electrons. The summed E-state index contributed by atoms with van der Waals surface area (Å²) in [5.41, 5.74) is 0.747. The summed E-state index contributed by atoms with van der Waals surface area (Å²) in [4.78, 5) is 13.1. The van der Waals surface area contributed by atoms with Crippen molar-refractivity contribution in [1.29, 1.82) is 0 Å². The van der Waals surface area contributed by atoms with E-state index in [9.17, 15) is 0 Å². The predicted molar refractivity (Wildman–Crippen MR) is 83.8 cm³/mol. The molecule has 0 saturated carbocycles. The molecule has 4 rings (SSSR count). The maximum absolute atomic E-state index is 5.16. The number of methoxy groups -OCH3 is 1. The standard InChI is InChI=1S/C14H16N8O/c1-23-13-4-5-15-14(17-13)21-8-6-20(7-9-21)12-3-2-11-18-16-10-22(11)19-12/h2-5,10H,6-9H2,1H3. The second-order valence-corrected chi connectivity index (χ2v) is 5.20. The third-order valence-electron chi connectivity index (χ3n) is 3.86. The topological polar surface area (TPSA) is 84.6 Å². The van der Waals surface area contributed by atoms with Crippen molar-refractivity contribution in [2.45, 2.75) is 0 Å². The number of aromatic nitrogens is 6. The molecule has 4 heterocycles. The number of anilines is 2. The van der Waals surface area contributed by atoms with Crippen LogP contribution in [0.4, 0.5) is 11.8 Å². The molecule has 0 atom stereocenters. The smallest absolute Gasteiger partial charge is 0.228 e. The zero-order valence-corrected chi connectivity index (χ0v) is 12.7. The van der Waals surface area contributed by atoms with Crippen LogP contribution in [0.1, 0.15) is 0 Å². The molecule has 0 spiro atoms. The SMILES string of the molecule is COc1ccnc(N2CCN(c3ccc4nncn4n3)CC2)n1. The van der Waals surface area contributed by atoms with E-state index in [0.29, 0.717) is 11.8 Å². The third kappa shape index (κ3) is 2.60. The van der Waals surface area contributed by atoms with Gasteiger partial charge in [0.2, 0.25) is 11.8 Å². The highest BCUT2D eigenvalue weighted by Gasteiger charge is 2.20. The van der Waals surface area contributed by atoms with Crippen LogP contribution in [0.2, 0.25) is 0 Å². The van der Waals surface area contributed by atoms with Crippen LogP contribution in [0.25, 0.3) is 5.65 Å². The Balaban J connectivity index is 1.47. The number of rotatable bonds is 3. The zero-order chi connectivity index (χ0) is 15.6. The largest absolute Gasteiger partial charge is 0.481 e. The molecule has 9 nitrogen and oxygen atoms in total. The average molecular weight is 312 g/mol. The maximum atomic E-state index is 5.16. The molecule has 0 bridgehead atoms. The first-order valence-electron chi connectivity index (χ1n) is 7.37. The fraction of sp³-hybridized carbons (Fsp3) is 0.357. The number of nitrogens with zero attached hydrogens (tertiary/aromatic N) is 8. The van der Waals surface area contributed by atoms with Crippen LogP contribution in [-0.4, -0.2) is 63.1 Å². The summed E-state index contributed by atoms with van der Waals surface area (Å²) in [7, 11) is 1.61. The molecule has 0 radical (unpaired) electrons. The number of fused-ring (bicyclic) bond motifs is 1. The lowest BCUT2D eigenvalue weighted by molar-refractivity contribution is 0.396. The van der Waals surface area contributed by atoms with Crippen molar-refractivity contribution in [2.75, 3.05) is 43.1 Å². The highest BCUT2D eigenvalue weighted by atomic mass is 16.5. The van der Waals surface area contributed by atoms with E-state index in [0.717, 1.165) is 37.6 Å². The highest BCUT2D eigenvalue weighted by Crippen LogP contribution is 2.18. The molecule has 3 aromatic heterocycles. The van der Waals surface area contributed by atoms with Crippen molar-refractivity contribution in [3.05, 3.63) is 30.7 Å². The van der Waals surface area contributed by atoms with Crippen LogP contribution in [0.5, 0.6) is 5.88 Å². The second kappa shape index (κ2) is 5.67. The Morgan fingerprint density at radius 3 is 2.70 bits per heavy atom. The van der Waals surface area contributed by atoms with Gasteiger partial charge < -0.3 is 14.5 Å². The van der Waals surface area contributed by atoms with E-state index in [1.165, 1.54) is 0 Å². The van der Waals surface area contributed by atoms with E-state index in [4.69, 9.17) is 4.74 Å². The van der Waals surface area contributed by atoms with Gasteiger partial charge in [0.1, 0.15) is 12.1 Å². The van der Waals surface area contributed by atoms with Gasteiger partial charge in [0.15, 0.2) is 5.65 Å². The fourth-order valence-corrected chi connectivity index (χ4v) is 2.62. The van der Waals surface area contributed by atoms with Crippen molar-refractivity contribution in [3.8, 4) is 5.88 Å².